The van der Waals surface area contributed by atoms with Crippen LogP contribution < -0.4 is 4.90 Å². The van der Waals surface area contributed by atoms with Gasteiger partial charge in [-0.3, -0.25) is 14.5 Å². The van der Waals surface area contributed by atoms with E-state index in [4.69, 9.17) is 4.74 Å². The number of carbonyl (C=O) groups is 3. The van der Waals surface area contributed by atoms with Crippen molar-refractivity contribution in [2.45, 2.75) is 32.8 Å². The number of benzene rings is 1. The molecular weight excluding hydrogens is 318 g/mol. The zero-order chi connectivity index (χ0) is 17.7. The van der Waals surface area contributed by atoms with E-state index >= 15 is 0 Å². The third-order valence-electron chi connectivity index (χ3n) is 5.46. The smallest absolute Gasteiger partial charge is 0.338 e. The maximum absolute atomic E-state index is 12.9. The molecule has 4 atom stereocenters. The molecule has 1 aromatic carbocycles. The van der Waals surface area contributed by atoms with Gasteiger partial charge in [0.25, 0.3) is 0 Å². The molecule has 5 heteroatoms. The Bertz CT molecular complexity index is 732. The van der Waals surface area contributed by atoms with Crippen molar-refractivity contribution in [3.8, 4) is 0 Å². The van der Waals surface area contributed by atoms with Crippen molar-refractivity contribution in [1.82, 2.24) is 0 Å². The Labute approximate surface area is 146 Å². The number of hydrogen-bond acceptors (Lipinski definition) is 4. The molecule has 0 radical (unpaired) electrons. The number of nitrogens with zero attached hydrogens (tertiary/aromatic N) is 1. The lowest BCUT2D eigenvalue weighted by molar-refractivity contribution is -0.124. The van der Waals surface area contributed by atoms with Gasteiger partial charge in [-0.05, 0) is 62.8 Å². The topological polar surface area (TPSA) is 63.7 Å². The molecule has 1 heterocycles. The predicted octanol–water partition coefficient (Wildman–Crippen LogP) is 2.95. The van der Waals surface area contributed by atoms with Crippen molar-refractivity contribution in [1.29, 1.82) is 0 Å². The van der Waals surface area contributed by atoms with E-state index in [1.807, 2.05) is 0 Å². The average Bonchev–Trinajstić information content (AvgIpc) is 2.89. The molecule has 1 aliphatic heterocycles. The first-order chi connectivity index (χ1) is 12.0. The van der Waals surface area contributed by atoms with Crippen LogP contribution in [0.15, 0.2) is 36.4 Å². The van der Waals surface area contributed by atoms with E-state index in [0.29, 0.717) is 11.3 Å². The highest BCUT2D eigenvalue weighted by Crippen LogP contribution is 2.50. The van der Waals surface area contributed by atoms with Gasteiger partial charge < -0.3 is 4.74 Å². The van der Waals surface area contributed by atoms with Crippen LogP contribution in [-0.4, -0.2) is 23.9 Å². The lowest BCUT2D eigenvalue weighted by atomic mass is 9.63. The van der Waals surface area contributed by atoms with E-state index in [-0.39, 0.29) is 41.6 Å². The number of amides is 2. The van der Waals surface area contributed by atoms with Crippen LogP contribution in [0.3, 0.4) is 0 Å². The highest BCUT2D eigenvalue weighted by atomic mass is 16.5. The fourth-order valence-corrected chi connectivity index (χ4v) is 4.36. The van der Waals surface area contributed by atoms with Gasteiger partial charge in [0.2, 0.25) is 11.8 Å². The second-order valence-corrected chi connectivity index (χ2v) is 7.35. The highest BCUT2D eigenvalue weighted by Gasteiger charge is 2.56. The van der Waals surface area contributed by atoms with Crippen LogP contribution in [0.1, 0.15) is 37.0 Å². The maximum Gasteiger partial charge on any atom is 0.338 e. The molecule has 0 aromatic heterocycles. The van der Waals surface area contributed by atoms with E-state index in [2.05, 4.69) is 12.2 Å². The summed E-state index contributed by atoms with van der Waals surface area (Å²) in [6.45, 7) is 3.58. The van der Waals surface area contributed by atoms with Gasteiger partial charge in [-0.2, -0.15) is 0 Å². The molecule has 3 aliphatic carbocycles. The van der Waals surface area contributed by atoms with Gasteiger partial charge in [0, 0.05) is 0 Å². The molecule has 2 amide bonds. The van der Waals surface area contributed by atoms with E-state index < -0.39 is 5.97 Å². The number of ether oxygens (including phenoxy) is 1. The lowest BCUT2D eigenvalue weighted by Crippen LogP contribution is -2.38. The average molecular weight is 339 g/mol. The minimum absolute atomic E-state index is 0.105. The van der Waals surface area contributed by atoms with Gasteiger partial charge >= 0.3 is 5.97 Å². The summed E-state index contributed by atoms with van der Waals surface area (Å²) in [6.07, 6.45) is 5.98. The van der Waals surface area contributed by atoms with E-state index in [0.717, 1.165) is 12.8 Å². The van der Waals surface area contributed by atoms with Gasteiger partial charge in [-0.25, -0.2) is 4.79 Å². The first-order valence-corrected chi connectivity index (χ1v) is 8.84. The zero-order valence-corrected chi connectivity index (χ0v) is 14.3. The molecule has 5 rings (SSSR count). The highest BCUT2D eigenvalue weighted by molar-refractivity contribution is 6.22. The fourth-order valence-electron chi connectivity index (χ4n) is 4.36. The standard InChI is InChI=1S/C20H21NO4/c1-11(2)25-20(24)14-7-9-15(10-8-14)21-18(22)16-12-3-4-13(6-5-12)17(16)19(21)23/h3-4,7-13,16-17H,5-6H2,1-2H3/t12-,13-,16-,17-/m0/s1. The van der Waals surface area contributed by atoms with Crippen LogP contribution in [-0.2, 0) is 14.3 Å². The Balaban J connectivity index is 1.59. The molecule has 0 N–H and O–H groups in total. The van der Waals surface area contributed by atoms with Crippen LogP contribution in [0.2, 0.25) is 0 Å². The molecule has 5 nitrogen and oxygen atoms in total. The molecular formula is C20H21NO4. The van der Waals surface area contributed by atoms with E-state index in [1.54, 1.807) is 38.1 Å². The quantitative estimate of drug-likeness (QED) is 0.482. The second kappa shape index (κ2) is 5.83. The van der Waals surface area contributed by atoms with Crippen molar-refractivity contribution in [2.75, 3.05) is 4.90 Å². The molecule has 4 aliphatic rings. The number of esters is 1. The summed E-state index contributed by atoms with van der Waals surface area (Å²) in [5.74, 6) is -0.702. The summed E-state index contributed by atoms with van der Waals surface area (Å²) in [7, 11) is 0. The van der Waals surface area contributed by atoms with Crippen molar-refractivity contribution in [3.05, 3.63) is 42.0 Å². The Morgan fingerprint density at radius 2 is 1.52 bits per heavy atom. The normalized spacial score (nSPS) is 30.1. The summed E-state index contributed by atoms with van der Waals surface area (Å²) in [6, 6.07) is 6.52. The van der Waals surface area contributed by atoms with Crippen LogP contribution in [0, 0.1) is 23.7 Å². The van der Waals surface area contributed by atoms with Crippen LogP contribution >= 0.6 is 0 Å². The van der Waals surface area contributed by atoms with Gasteiger partial charge in [-0.1, -0.05) is 12.2 Å². The Morgan fingerprint density at radius 1 is 1.00 bits per heavy atom. The molecule has 2 fully saturated rings. The largest absolute Gasteiger partial charge is 0.459 e. The molecule has 2 bridgehead atoms. The maximum atomic E-state index is 12.9. The Morgan fingerprint density at radius 3 is 1.96 bits per heavy atom. The molecule has 0 spiro atoms. The number of fused-ring (bicyclic) bond motifs is 1. The Kier molecular flexibility index (Phi) is 3.74. The molecule has 1 aromatic rings. The van der Waals surface area contributed by atoms with Crippen molar-refractivity contribution in [3.63, 3.8) is 0 Å². The molecule has 130 valence electrons. The number of allylic oxidation sites excluding steroid dienone is 2. The van der Waals surface area contributed by atoms with Gasteiger partial charge in [0.15, 0.2) is 0 Å². The number of anilines is 1. The minimum Gasteiger partial charge on any atom is -0.459 e. The number of imide groups is 1. The lowest BCUT2D eigenvalue weighted by Gasteiger charge is -2.38. The summed E-state index contributed by atoms with van der Waals surface area (Å²) < 4.78 is 5.16. The first-order valence-electron chi connectivity index (χ1n) is 8.84. The molecule has 1 saturated heterocycles. The van der Waals surface area contributed by atoms with Gasteiger partial charge in [0.1, 0.15) is 0 Å². The van der Waals surface area contributed by atoms with Crippen molar-refractivity contribution >= 4 is 23.5 Å². The number of carbonyl (C=O) groups excluding carboxylic acids is 3. The van der Waals surface area contributed by atoms with Crippen molar-refractivity contribution in [2.24, 2.45) is 23.7 Å². The zero-order valence-electron chi connectivity index (χ0n) is 14.3. The van der Waals surface area contributed by atoms with E-state index in [9.17, 15) is 14.4 Å². The minimum atomic E-state index is -0.406. The monoisotopic (exact) mass is 339 g/mol. The Hall–Kier alpha value is -2.43. The second-order valence-electron chi connectivity index (χ2n) is 7.35. The summed E-state index contributed by atoms with van der Waals surface area (Å²) in [5, 5.41) is 0. The number of hydrogen-bond donors (Lipinski definition) is 0. The summed E-state index contributed by atoms with van der Waals surface area (Å²) in [5.41, 5.74) is 0.945. The summed E-state index contributed by atoms with van der Waals surface area (Å²) in [4.78, 5) is 39.0. The van der Waals surface area contributed by atoms with Crippen molar-refractivity contribution < 1.29 is 19.1 Å². The molecule has 25 heavy (non-hydrogen) atoms. The summed E-state index contributed by atoms with van der Waals surface area (Å²) >= 11 is 0. The van der Waals surface area contributed by atoms with Gasteiger partial charge in [0.05, 0.1) is 29.2 Å². The fraction of sp³-hybridized carbons (Fsp3) is 0.450. The number of rotatable bonds is 3. The first kappa shape index (κ1) is 16.1. The third-order valence-corrected chi connectivity index (χ3v) is 5.46. The predicted molar refractivity (Wildman–Crippen MR) is 91.8 cm³/mol. The molecule has 0 unspecified atom stereocenters. The SMILES string of the molecule is CC(C)OC(=O)c1ccc(N2C(=O)[C@@H]3[C@@H](C2=O)[C@H]2C=C[C@H]3CC2)cc1. The van der Waals surface area contributed by atoms with Crippen LogP contribution in [0.25, 0.3) is 0 Å². The van der Waals surface area contributed by atoms with Crippen LogP contribution in [0.5, 0.6) is 0 Å². The van der Waals surface area contributed by atoms with Crippen LogP contribution in [0.4, 0.5) is 5.69 Å². The third kappa shape index (κ3) is 2.49. The van der Waals surface area contributed by atoms with E-state index in [1.165, 1.54) is 4.90 Å². The van der Waals surface area contributed by atoms with Gasteiger partial charge in [-0.15, -0.1) is 0 Å². The molecule has 1 saturated carbocycles.